The van der Waals surface area contributed by atoms with Crippen LogP contribution >= 0.6 is 15.9 Å². The summed E-state index contributed by atoms with van der Waals surface area (Å²) >= 11 is 3.40. The molecule has 2 saturated heterocycles. The maximum atomic E-state index is 12.5. The average molecular weight is 353 g/mol. The Hall–Kier alpha value is -1.60. The number of carbonyl (C=O) groups excluding carboxylic acids is 2. The topological polar surface area (TPSA) is 76.7 Å². The fourth-order valence-electron chi connectivity index (χ4n) is 3.37. The van der Waals surface area contributed by atoms with Crippen molar-refractivity contribution in [3.8, 4) is 5.75 Å². The maximum Gasteiger partial charge on any atom is 0.322 e. The predicted molar refractivity (Wildman–Crippen MR) is 75.9 cm³/mol. The van der Waals surface area contributed by atoms with E-state index in [4.69, 9.17) is 9.47 Å². The Morgan fingerprint density at radius 1 is 1.33 bits per heavy atom. The summed E-state index contributed by atoms with van der Waals surface area (Å²) in [5.41, 5.74) is -0.581. The second kappa shape index (κ2) is 4.45. The summed E-state index contributed by atoms with van der Waals surface area (Å²) in [7, 11) is 0. The van der Waals surface area contributed by atoms with Crippen molar-refractivity contribution in [2.45, 2.75) is 30.6 Å². The van der Waals surface area contributed by atoms with E-state index in [0.717, 1.165) is 17.3 Å². The third kappa shape index (κ3) is 1.74. The zero-order chi connectivity index (χ0) is 14.6. The summed E-state index contributed by atoms with van der Waals surface area (Å²) in [5, 5.41) is 5.11. The fourth-order valence-corrected chi connectivity index (χ4v) is 3.73. The molecule has 110 valence electrons. The number of benzene rings is 1. The number of urea groups is 1. The molecule has 3 amide bonds. The zero-order valence-electron chi connectivity index (χ0n) is 11.0. The van der Waals surface area contributed by atoms with Crippen molar-refractivity contribution in [2.75, 3.05) is 6.61 Å². The molecule has 0 aromatic heterocycles. The SMILES string of the molecule is O=C1NC(=O)[C@]2(N1)c1cc(Br)ccc1O[C@H]1CCCO[C@@H]12. The summed E-state index contributed by atoms with van der Waals surface area (Å²) in [4.78, 5) is 24.3. The molecule has 1 spiro atoms. The number of rotatable bonds is 0. The first kappa shape index (κ1) is 13.1. The van der Waals surface area contributed by atoms with Crippen LogP contribution in [0.25, 0.3) is 0 Å². The highest BCUT2D eigenvalue weighted by Gasteiger charge is 2.61. The van der Waals surface area contributed by atoms with Crippen LogP contribution in [0.15, 0.2) is 22.7 Å². The molecule has 1 aromatic rings. The van der Waals surface area contributed by atoms with Crippen molar-refractivity contribution >= 4 is 27.9 Å². The van der Waals surface area contributed by atoms with Crippen LogP contribution in [0.2, 0.25) is 0 Å². The van der Waals surface area contributed by atoms with Gasteiger partial charge in [-0.25, -0.2) is 4.79 Å². The largest absolute Gasteiger partial charge is 0.487 e. The number of halogens is 1. The molecule has 7 heteroatoms. The van der Waals surface area contributed by atoms with Crippen molar-refractivity contribution in [3.63, 3.8) is 0 Å². The van der Waals surface area contributed by atoms with E-state index in [0.29, 0.717) is 17.9 Å². The van der Waals surface area contributed by atoms with Crippen LogP contribution < -0.4 is 15.4 Å². The van der Waals surface area contributed by atoms with E-state index in [2.05, 4.69) is 26.6 Å². The van der Waals surface area contributed by atoms with Gasteiger partial charge in [-0.05, 0) is 31.0 Å². The standard InChI is InChI=1S/C14H13BrN2O4/c15-7-3-4-9-8(6-7)14(12(18)16-13(19)17-14)11-10(21-9)2-1-5-20-11/h3-4,6,10-11H,1-2,5H2,(H2,16,17,18,19)/t10-,11-,14-/m0/s1. The Labute approximate surface area is 129 Å². The Morgan fingerprint density at radius 3 is 2.95 bits per heavy atom. The molecule has 0 bridgehead atoms. The zero-order valence-corrected chi connectivity index (χ0v) is 12.6. The molecule has 2 N–H and O–H groups in total. The monoisotopic (exact) mass is 352 g/mol. The van der Waals surface area contributed by atoms with Gasteiger partial charge in [-0.1, -0.05) is 15.9 Å². The summed E-state index contributed by atoms with van der Waals surface area (Å²) in [6.07, 6.45) is 0.917. The third-order valence-corrected chi connectivity index (χ3v) is 4.73. The highest BCUT2D eigenvalue weighted by molar-refractivity contribution is 9.10. The van der Waals surface area contributed by atoms with Gasteiger partial charge in [0.05, 0.1) is 0 Å². The van der Waals surface area contributed by atoms with Crippen LogP contribution in [0.3, 0.4) is 0 Å². The molecule has 0 unspecified atom stereocenters. The highest BCUT2D eigenvalue weighted by Crippen LogP contribution is 2.45. The Balaban J connectivity index is 1.94. The van der Waals surface area contributed by atoms with Gasteiger partial charge in [0, 0.05) is 16.6 Å². The van der Waals surface area contributed by atoms with Crippen molar-refractivity contribution in [1.82, 2.24) is 10.6 Å². The number of amides is 3. The molecule has 0 saturated carbocycles. The van der Waals surface area contributed by atoms with E-state index in [1.54, 1.807) is 6.07 Å². The van der Waals surface area contributed by atoms with Gasteiger partial charge in [-0.3, -0.25) is 10.1 Å². The van der Waals surface area contributed by atoms with Crippen molar-refractivity contribution in [3.05, 3.63) is 28.2 Å². The predicted octanol–water partition coefficient (Wildman–Crippen LogP) is 1.42. The second-order valence-electron chi connectivity index (χ2n) is 5.45. The molecule has 3 atom stereocenters. The summed E-state index contributed by atoms with van der Waals surface area (Å²) in [5.74, 6) is 0.231. The first-order chi connectivity index (χ1) is 10.1. The number of imide groups is 1. The van der Waals surface area contributed by atoms with Gasteiger partial charge in [0.1, 0.15) is 18.0 Å². The first-order valence-electron chi connectivity index (χ1n) is 6.83. The second-order valence-corrected chi connectivity index (χ2v) is 6.36. The minimum Gasteiger partial charge on any atom is -0.487 e. The van der Waals surface area contributed by atoms with Crippen LogP contribution in [0.4, 0.5) is 4.79 Å². The minimum atomic E-state index is -1.21. The molecular formula is C14H13BrN2O4. The lowest BCUT2D eigenvalue weighted by Gasteiger charge is -2.46. The van der Waals surface area contributed by atoms with Crippen LogP contribution in [0.5, 0.6) is 5.75 Å². The normalized spacial score (nSPS) is 33.8. The molecule has 3 aliphatic heterocycles. The van der Waals surface area contributed by atoms with Gasteiger partial charge in [-0.2, -0.15) is 0 Å². The van der Waals surface area contributed by atoms with Gasteiger partial charge in [-0.15, -0.1) is 0 Å². The molecule has 0 aliphatic carbocycles. The first-order valence-corrected chi connectivity index (χ1v) is 7.62. The van der Waals surface area contributed by atoms with Crippen LogP contribution in [-0.4, -0.2) is 30.8 Å². The van der Waals surface area contributed by atoms with Crippen molar-refractivity contribution in [1.29, 1.82) is 0 Å². The minimum absolute atomic E-state index is 0.239. The molecule has 3 aliphatic rings. The van der Waals surface area contributed by atoms with Gasteiger partial charge in [0.25, 0.3) is 5.91 Å². The van der Waals surface area contributed by atoms with Crippen LogP contribution in [0.1, 0.15) is 18.4 Å². The number of fused-ring (bicyclic) bond motifs is 4. The highest BCUT2D eigenvalue weighted by atomic mass is 79.9. The van der Waals surface area contributed by atoms with E-state index < -0.39 is 17.7 Å². The van der Waals surface area contributed by atoms with Gasteiger partial charge in [0.2, 0.25) is 0 Å². The molecule has 0 radical (unpaired) electrons. The van der Waals surface area contributed by atoms with Crippen molar-refractivity contribution in [2.24, 2.45) is 0 Å². The Morgan fingerprint density at radius 2 is 2.19 bits per heavy atom. The summed E-state index contributed by atoms with van der Waals surface area (Å²) in [6.45, 7) is 0.554. The molecule has 21 heavy (non-hydrogen) atoms. The quantitative estimate of drug-likeness (QED) is 0.692. The van der Waals surface area contributed by atoms with Crippen LogP contribution in [-0.2, 0) is 15.1 Å². The van der Waals surface area contributed by atoms with Crippen molar-refractivity contribution < 1.29 is 19.1 Å². The molecule has 4 rings (SSSR count). The third-order valence-electron chi connectivity index (χ3n) is 4.24. The molecule has 1 aromatic carbocycles. The smallest absolute Gasteiger partial charge is 0.322 e. The summed E-state index contributed by atoms with van der Waals surface area (Å²) < 4.78 is 12.6. The number of nitrogens with one attached hydrogen (secondary N) is 2. The van der Waals surface area contributed by atoms with E-state index in [-0.39, 0.29) is 12.0 Å². The van der Waals surface area contributed by atoms with E-state index in [9.17, 15) is 9.59 Å². The maximum absolute atomic E-state index is 12.5. The molecular weight excluding hydrogens is 340 g/mol. The number of carbonyl (C=O) groups is 2. The number of ether oxygens (including phenoxy) is 2. The van der Waals surface area contributed by atoms with Gasteiger partial charge < -0.3 is 14.8 Å². The average Bonchev–Trinajstić information content (AvgIpc) is 2.76. The molecule has 6 nitrogen and oxygen atoms in total. The summed E-state index contributed by atoms with van der Waals surface area (Å²) in [6, 6.07) is 4.96. The fraction of sp³-hybridized carbons (Fsp3) is 0.429. The van der Waals surface area contributed by atoms with E-state index in [1.807, 2.05) is 12.1 Å². The molecule has 2 fully saturated rings. The van der Waals surface area contributed by atoms with Gasteiger partial charge >= 0.3 is 6.03 Å². The van der Waals surface area contributed by atoms with Crippen LogP contribution in [0, 0.1) is 0 Å². The van der Waals surface area contributed by atoms with E-state index in [1.165, 1.54) is 0 Å². The molecule has 3 heterocycles. The van der Waals surface area contributed by atoms with E-state index >= 15 is 0 Å². The Kier molecular flexibility index (Phi) is 2.77. The number of hydrogen-bond acceptors (Lipinski definition) is 4. The lowest BCUT2D eigenvalue weighted by Crippen LogP contribution is -2.63. The lowest BCUT2D eigenvalue weighted by molar-refractivity contribution is -0.148. The van der Waals surface area contributed by atoms with Gasteiger partial charge in [0.15, 0.2) is 5.54 Å². The Bertz CT molecular complexity index is 650. The number of hydrogen-bond donors (Lipinski definition) is 2. The lowest BCUT2D eigenvalue weighted by atomic mass is 9.77.